The van der Waals surface area contributed by atoms with Crippen molar-refractivity contribution in [2.45, 2.75) is 6.42 Å². The van der Waals surface area contributed by atoms with Crippen molar-refractivity contribution in [1.29, 1.82) is 0 Å². The van der Waals surface area contributed by atoms with E-state index in [2.05, 4.69) is 11.8 Å². The van der Waals surface area contributed by atoms with Crippen molar-refractivity contribution in [2.24, 2.45) is 5.73 Å². The Bertz CT molecular complexity index is 240. The first-order chi connectivity index (χ1) is 4.83. The predicted octanol–water partition coefficient (Wildman–Crippen LogP) is 0.721. The summed E-state index contributed by atoms with van der Waals surface area (Å²) in [5, 5.41) is 8.98. The van der Waals surface area contributed by atoms with Crippen LogP contribution in [0.3, 0.4) is 0 Å². The normalized spacial score (nSPS) is 16.1. The van der Waals surface area contributed by atoms with Gasteiger partial charge in [0.25, 0.3) is 0 Å². The fourth-order valence-electron chi connectivity index (χ4n) is 0.665. The van der Waals surface area contributed by atoms with E-state index < -0.39 is 0 Å². The SMILES string of the molecule is NCC1=CC=C(O)CC#C1. The zero-order chi connectivity index (χ0) is 7.40. The number of allylic oxidation sites excluding steroid dienone is 3. The van der Waals surface area contributed by atoms with E-state index in [1.54, 1.807) is 12.2 Å². The second-order valence-electron chi connectivity index (χ2n) is 2.03. The van der Waals surface area contributed by atoms with E-state index in [-0.39, 0.29) is 0 Å². The van der Waals surface area contributed by atoms with E-state index in [1.165, 1.54) is 0 Å². The van der Waals surface area contributed by atoms with Crippen molar-refractivity contribution >= 4 is 0 Å². The van der Waals surface area contributed by atoms with Gasteiger partial charge in [0.2, 0.25) is 0 Å². The van der Waals surface area contributed by atoms with Crippen molar-refractivity contribution in [3.63, 3.8) is 0 Å². The molecule has 0 fully saturated rings. The molecule has 3 N–H and O–H groups in total. The third-order valence-electron chi connectivity index (χ3n) is 1.22. The third kappa shape index (κ3) is 1.64. The molecule has 2 heteroatoms. The molecule has 1 aliphatic carbocycles. The number of rotatable bonds is 1. The van der Waals surface area contributed by atoms with Gasteiger partial charge in [-0.15, -0.1) is 0 Å². The maximum Gasteiger partial charge on any atom is 0.104 e. The van der Waals surface area contributed by atoms with Gasteiger partial charge in [-0.05, 0) is 12.2 Å². The van der Waals surface area contributed by atoms with E-state index in [0.717, 1.165) is 5.57 Å². The van der Waals surface area contributed by atoms with Crippen LogP contribution in [-0.2, 0) is 0 Å². The molecule has 0 aliphatic heterocycles. The Labute approximate surface area is 60.0 Å². The zero-order valence-electron chi connectivity index (χ0n) is 5.59. The van der Waals surface area contributed by atoms with Gasteiger partial charge in [0.1, 0.15) is 5.76 Å². The first-order valence-corrected chi connectivity index (χ1v) is 3.10. The maximum absolute atomic E-state index is 8.98. The summed E-state index contributed by atoms with van der Waals surface area (Å²) in [7, 11) is 0. The number of aliphatic hydroxyl groups excluding tert-OH is 1. The molecule has 0 unspecified atom stereocenters. The summed E-state index contributed by atoms with van der Waals surface area (Å²) < 4.78 is 0. The van der Waals surface area contributed by atoms with Crippen LogP contribution in [0.5, 0.6) is 0 Å². The lowest BCUT2D eigenvalue weighted by Crippen LogP contribution is -2.00. The summed E-state index contributed by atoms with van der Waals surface area (Å²) in [6.07, 6.45) is 3.80. The van der Waals surface area contributed by atoms with E-state index in [0.29, 0.717) is 18.7 Å². The summed E-state index contributed by atoms with van der Waals surface area (Å²) in [5.74, 6) is 5.92. The van der Waals surface area contributed by atoms with Crippen molar-refractivity contribution in [3.05, 3.63) is 23.5 Å². The van der Waals surface area contributed by atoms with Crippen LogP contribution in [0.25, 0.3) is 0 Å². The molecule has 1 aliphatic rings. The molecular weight excluding hydrogens is 126 g/mol. The highest BCUT2D eigenvalue weighted by Crippen LogP contribution is 2.01. The van der Waals surface area contributed by atoms with Crippen LogP contribution in [0.2, 0.25) is 0 Å². The number of nitrogens with two attached hydrogens (primary N) is 1. The van der Waals surface area contributed by atoms with Crippen molar-refractivity contribution in [3.8, 4) is 11.8 Å². The molecule has 0 amide bonds. The minimum absolute atomic E-state index is 0.302. The summed E-state index contributed by atoms with van der Waals surface area (Å²) in [6.45, 7) is 0.441. The highest BCUT2D eigenvalue weighted by molar-refractivity contribution is 5.36. The fraction of sp³-hybridized carbons (Fsp3) is 0.250. The molecule has 0 spiro atoms. The Morgan fingerprint density at radius 3 is 3.10 bits per heavy atom. The quantitative estimate of drug-likeness (QED) is 0.520. The van der Waals surface area contributed by atoms with Crippen LogP contribution in [0.4, 0.5) is 0 Å². The molecule has 10 heavy (non-hydrogen) atoms. The van der Waals surface area contributed by atoms with Crippen LogP contribution in [0.15, 0.2) is 23.5 Å². The molecule has 0 radical (unpaired) electrons. The Hall–Kier alpha value is -1.20. The van der Waals surface area contributed by atoms with Crippen LogP contribution in [-0.4, -0.2) is 11.7 Å². The number of aliphatic hydroxyl groups is 1. The first-order valence-electron chi connectivity index (χ1n) is 3.10. The van der Waals surface area contributed by atoms with Gasteiger partial charge in [-0.3, -0.25) is 0 Å². The van der Waals surface area contributed by atoms with Crippen LogP contribution in [0, 0.1) is 11.8 Å². The second kappa shape index (κ2) is 3.09. The molecule has 0 aromatic rings. The van der Waals surface area contributed by atoms with Crippen LogP contribution in [0.1, 0.15) is 6.42 Å². The lowest BCUT2D eigenvalue weighted by atomic mass is 10.2. The van der Waals surface area contributed by atoms with Gasteiger partial charge in [0.05, 0.1) is 6.42 Å². The Balaban J connectivity index is 2.81. The monoisotopic (exact) mass is 135 g/mol. The lowest BCUT2D eigenvalue weighted by molar-refractivity contribution is 0.403. The summed E-state index contributed by atoms with van der Waals surface area (Å²) in [4.78, 5) is 0. The molecule has 0 saturated heterocycles. The summed E-state index contributed by atoms with van der Waals surface area (Å²) >= 11 is 0. The molecule has 0 aromatic carbocycles. The van der Waals surface area contributed by atoms with Gasteiger partial charge in [-0.25, -0.2) is 0 Å². The molecule has 0 atom stereocenters. The first kappa shape index (κ1) is 6.91. The Morgan fingerprint density at radius 2 is 2.40 bits per heavy atom. The highest BCUT2D eigenvalue weighted by Gasteiger charge is 1.93. The number of hydrogen-bond acceptors (Lipinski definition) is 2. The largest absolute Gasteiger partial charge is 0.511 e. The molecule has 0 heterocycles. The van der Waals surface area contributed by atoms with E-state index in [4.69, 9.17) is 10.8 Å². The topological polar surface area (TPSA) is 46.2 Å². The summed E-state index contributed by atoms with van der Waals surface area (Å²) in [6, 6.07) is 0. The van der Waals surface area contributed by atoms with Gasteiger partial charge >= 0.3 is 0 Å². The van der Waals surface area contributed by atoms with Gasteiger partial charge in [-0.1, -0.05) is 11.8 Å². The van der Waals surface area contributed by atoms with E-state index >= 15 is 0 Å². The molecule has 1 rings (SSSR count). The van der Waals surface area contributed by atoms with Gasteiger partial charge in [-0.2, -0.15) is 0 Å². The fourth-order valence-corrected chi connectivity index (χ4v) is 0.665. The Kier molecular flexibility index (Phi) is 2.14. The highest BCUT2D eigenvalue weighted by atomic mass is 16.3. The predicted molar refractivity (Wildman–Crippen MR) is 40.2 cm³/mol. The van der Waals surface area contributed by atoms with Crippen molar-refractivity contribution < 1.29 is 5.11 Å². The minimum atomic E-state index is 0.302. The van der Waals surface area contributed by atoms with Gasteiger partial charge < -0.3 is 10.8 Å². The minimum Gasteiger partial charge on any atom is -0.511 e. The van der Waals surface area contributed by atoms with Crippen molar-refractivity contribution in [1.82, 2.24) is 0 Å². The molecule has 52 valence electrons. The average Bonchev–Trinajstić information content (AvgIpc) is 2.14. The molecule has 2 nitrogen and oxygen atoms in total. The average molecular weight is 135 g/mol. The van der Waals surface area contributed by atoms with Gasteiger partial charge in [0, 0.05) is 12.1 Å². The number of hydrogen-bond donors (Lipinski definition) is 2. The zero-order valence-corrected chi connectivity index (χ0v) is 5.59. The van der Waals surface area contributed by atoms with E-state index in [1.807, 2.05) is 0 Å². The molecule has 0 saturated carbocycles. The second-order valence-corrected chi connectivity index (χ2v) is 2.03. The standard InChI is InChI=1S/C8H9NO/c9-6-7-2-1-3-8(10)5-4-7/h4-5,10H,3,6,9H2. The molecule has 0 aromatic heterocycles. The van der Waals surface area contributed by atoms with Crippen LogP contribution < -0.4 is 5.73 Å². The lowest BCUT2D eigenvalue weighted by Gasteiger charge is -1.87. The third-order valence-corrected chi connectivity index (χ3v) is 1.22. The maximum atomic E-state index is 8.98. The smallest absolute Gasteiger partial charge is 0.104 e. The summed E-state index contributed by atoms with van der Waals surface area (Å²) in [5.41, 5.74) is 6.20. The Morgan fingerprint density at radius 1 is 1.60 bits per heavy atom. The van der Waals surface area contributed by atoms with Gasteiger partial charge in [0.15, 0.2) is 0 Å². The van der Waals surface area contributed by atoms with Crippen LogP contribution >= 0.6 is 0 Å². The molecular formula is C8H9NO. The molecule has 0 bridgehead atoms. The van der Waals surface area contributed by atoms with Crippen molar-refractivity contribution in [2.75, 3.05) is 6.54 Å². The van der Waals surface area contributed by atoms with E-state index in [9.17, 15) is 0 Å².